The fraction of sp³-hybridized carbons (Fsp3) is 1.00. The van der Waals surface area contributed by atoms with Crippen LogP contribution >= 0.6 is 0 Å². The van der Waals surface area contributed by atoms with Crippen molar-refractivity contribution in [2.75, 3.05) is 19.8 Å². The Bertz CT molecular complexity index is 101. The van der Waals surface area contributed by atoms with Gasteiger partial charge in [0.2, 0.25) is 0 Å². The molecular weight excluding hydrogens is 140 g/mol. The average Bonchev–Trinajstić information content (AvgIpc) is 2.07. The number of rotatable bonds is 3. The molecule has 1 N–H and O–H groups in total. The third kappa shape index (κ3) is 2.17. The summed E-state index contributed by atoms with van der Waals surface area (Å²) in [5.74, 6) is 0. The van der Waals surface area contributed by atoms with E-state index >= 15 is 0 Å². The van der Waals surface area contributed by atoms with Gasteiger partial charge in [0.15, 0.2) is 0 Å². The number of hydrogen-bond acceptors (Lipinski definition) is 2. The molecule has 0 radical (unpaired) electrons. The highest BCUT2D eigenvalue weighted by Crippen LogP contribution is 2.34. The fourth-order valence-corrected chi connectivity index (χ4v) is 1.82. The van der Waals surface area contributed by atoms with Gasteiger partial charge in [-0.3, -0.25) is 0 Å². The van der Waals surface area contributed by atoms with Crippen molar-refractivity contribution in [1.29, 1.82) is 0 Å². The van der Waals surface area contributed by atoms with Crippen LogP contribution in [0.25, 0.3) is 0 Å². The first kappa shape index (κ1) is 9.01. The van der Waals surface area contributed by atoms with Gasteiger partial charge in [0, 0.05) is 19.8 Å². The Labute approximate surface area is 68.6 Å². The molecule has 0 spiro atoms. The van der Waals surface area contributed by atoms with E-state index in [0.29, 0.717) is 6.61 Å². The predicted octanol–water partition coefficient (Wildman–Crippen LogP) is 1.58. The van der Waals surface area contributed by atoms with Crippen LogP contribution in [0, 0.1) is 5.41 Å². The molecule has 1 fully saturated rings. The molecule has 66 valence electrons. The maximum absolute atomic E-state index is 9.22. The summed E-state index contributed by atoms with van der Waals surface area (Å²) in [6.07, 6.45) is 4.39. The third-order valence-electron chi connectivity index (χ3n) is 2.67. The van der Waals surface area contributed by atoms with Crippen LogP contribution in [0.5, 0.6) is 0 Å². The first-order valence-electron chi connectivity index (χ1n) is 4.51. The summed E-state index contributed by atoms with van der Waals surface area (Å²) in [6, 6.07) is 0. The largest absolute Gasteiger partial charge is 0.396 e. The normalized spacial score (nSPS) is 23.5. The molecule has 1 rings (SSSR count). The monoisotopic (exact) mass is 158 g/mol. The molecule has 2 nitrogen and oxygen atoms in total. The highest BCUT2D eigenvalue weighted by molar-refractivity contribution is 4.80. The predicted molar refractivity (Wildman–Crippen MR) is 44.5 cm³/mol. The number of aliphatic hydroxyl groups excluding tert-OH is 1. The topological polar surface area (TPSA) is 29.5 Å². The van der Waals surface area contributed by atoms with Crippen LogP contribution in [0.1, 0.15) is 32.6 Å². The zero-order valence-corrected chi connectivity index (χ0v) is 7.31. The summed E-state index contributed by atoms with van der Waals surface area (Å²) in [7, 11) is 0. The van der Waals surface area contributed by atoms with Gasteiger partial charge in [0.25, 0.3) is 0 Å². The lowest BCUT2D eigenvalue weighted by atomic mass is 9.77. The van der Waals surface area contributed by atoms with Crippen molar-refractivity contribution in [3.05, 3.63) is 0 Å². The Balaban J connectivity index is 2.42. The fourth-order valence-electron chi connectivity index (χ4n) is 1.82. The second-order valence-electron chi connectivity index (χ2n) is 3.52. The van der Waals surface area contributed by atoms with Crippen molar-refractivity contribution in [3.8, 4) is 0 Å². The van der Waals surface area contributed by atoms with Crippen LogP contribution in [0.2, 0.25) is 0 Å². The van der Waals surface area contributed by atoms with Crippen molar-refractivity contribution in [2.24, 2.45) is 5.41 Å². The first-order valence-corrected chi connectivity index (χ1v) is 4.51. The van der Waals surface area contributed by atoms with Gasteiger partial charge < -0.3 is 9.84 Å². The molecule has 1 aliphatic rings. The minimum Gasteiger partial charge on any atom is -0.396 e. The SMILES string of the molecule is CCCC1(CO)CCOCC1. The van der Waals surface area contributed by atoms with E-state index in [-0.39, 0.29) is 5.41 Å². The summed E-state index contributed by atoms with van der Waals surface area (Å²) >= 11 is 0. The summed E-state index contributed by atoms with van der Waals surface area (Å²) in [5, 5.41) is 9.22. The second-order valence-corrected chi connectivity index (χ2v) is 3.52. The highest BCUT2D eigenvalue weighted by Gasteiger charge is 2.30. The van der Waals surface area contributed by atoms with Crippen LogP contribution in [0.4, 0.5) is 0 Å². The summed E-state index contributed by atoms with van der Waals surface area (Å²) < 4.78 is 5.26. The van der Waals surface area contributed by atoms with E-state index in [4.69, 9.17) is 4.74 Å². The molecule has 2 heteroatoms. The van der Waals surface area contributed by atoms with Gasteiger partial charge in [-0.2, -0.15) is 0 Å². The molecule has 0 bridgehead atoms. The molecule has 1 heterocycles. The number of ether oxygens (including phenoxy) is 1. The van der Waals surface area contributed by atoms with Crippen molar-refractivity contribution < 1.29 is 9.84 Å². The standard InChI is InChI=1S/C9H18O2/c1-2-3-9(8-10)4-6-11-7-5-9/h10H,2-8H2,1H3. The van der Waals surface area contributed by atoms with E-state index in [0.717, 1.165) is 32.5 Å². The van der Waals surface area contributed by atoms with Gasteiger partial charge in [0.1, 0.15) is 0 Å². The lowest BCUT2D eigenvalue weighted by Crippen LogP contribution is -2.32. The van der Waals surface area contributed by atoms with E-state index in [1.807, 2.05) is 0 Å². The molecule has 0 unspecified atom stereocenters. The molecule has 1 saturated heterocycles. The van der Waals surface area contributed by atoms with E-state index in [9.17, 15) is 5.11 Å². The molecule has 0 aliphatic carbocycles. The number of hydrogen-bond donors (Lipinski definition) is 1. The maximum atomic E-state index is 9.22. The zero-order chi connectivity index (χ0) is 8.16. The van der Waals surface area contributed by atoms with Crippen LogP contribution in [-0.2, 0) is 4.74 Å². The van der Waals surface area contributed by atoms with Gasteiger partial charge in [-0.05, 0) is 24.7 Å². The van der Waals surface area contributed by atoms with Crippen LogP contribution in [-0.4, -0.2) is 24.9 Å². The van der Waals surface area contributed by atoms with E-state index < -0.39 is 0 Å². The minimum absolute atomic E-state index is 0.201. The van der Waals surface area contributed by atoms with E-state index in [2.05, 4.69) is 6.92 Å². The molecule has 0 aromatic rings. The second kappa shape index (κ2) is 4.07. The number of aliphatic hydroxyl groups is 1. The quantitative estimate of drug-likeness (QED) is 0.675. The molecule has 0 aromatic carbocycles. The Kier molecular flexibility index (Phi) is 3.34. The van der Waals surface area contributed by atoms with Gasteiger partial charge in [-0.25, -0.2) is 0 Å². The Hall–Kier alpha value is -0.0800. The van der Waals surface area contributed by atoms with Gasteiger partial charge in [0.05, 0.1) is 0 Å². The highest BCUT2D eigenvalue weighted by atomic mass is 16.5. The van der Waals surface area contributed by atoms with Crippen LogP contribution < -0.4 is 0 Å². The molecule has 1 aliphatic heterocycles. The summed E-state index contributed by atoms with van der Waals surface area (Å²) in [5.41, 5.74) is 0.201. The van der Waals surface area contributed by atoms with E-state index in [1.54, 1.807) is 0 Å². The Morgan fingerprint density at radius 1 is 1.36 bits per heavy atom. The van der Waals surface area contributed by atoms with Crippen molar-refractivity contribution in [1.82, 2.24) is 0 Å². The lowest BCUT2D eigenvalue weighted by Gasteiger charge is -2.35. The zero-order valence-electron chi connectivity index (χ0n) is 7.31. The Morgan fingerprint density at radius 3 is 2.45 bits per heavy atom. The van der Waals surface area contributed by atoms with E-state index in [1.165, 1.54) is 6.42 Å². The molecule has 0 saturated carbocycles. The summed E-state index contributed by atoms with van der Waals surface area (Å²) in [4.78, 5) is 0. The molecule has 0 aromatic heterocycles. The van der Waals surface area contributed by atoms with Crippen molar-refractivity contribution in [3.63, 3.8) is 0 Å². The molecule has 0 atom stereocenters. The van der Waals surface area contributed by atoms with Crippen molar-refractivity contribution >= 4 is 0 Å². The average molecular weight is 158 g/mol. The van der Waals surface area contributed by atoms with Crippen LogP contribution in [0.3, 0.4) is 0 Å². The van der Waals surface area contributed by atoms with Gasteiger partial charge >= 0.3 is 0 Å². The Morgan fingerprint density at radius 2 is 2.00 bits per heavy atom. The minimum atomic E-state index is 0.201. The van der Waals surface area contributed by atoms with Crippen molar-refractivity contribution in [2.45, 2.75) is 32.6 Å². The summed E-state index contributed by atoms with van der Waals surface area (Å²) in [6.45, 7) is 4.18. The smallest absolute Gasteiger partial charge is 0.0489 e. The third-order valence-corrected chi connectivity index (χ3v) is 2.67. The maximum Gasteiger partial charge on any atom is 0.0489 e. The molecular formula is C9H18O2. The van der Waals surface area contributed by atoms with Gasteiger partial charge in [-0.15, -0.1) is 0 Å². The van der Waals surface area contributed by atoms with Gasteiger partial charge in [-0.1, -0.05) is 13.3 Å². The van der Waals surface area contributed by atoms with Crippen LogP contribution in [0.15, 0.2) is 0 Å². The molecule has 0 amide bonds. The first-order chi connectivity index (χ1) is 5.33. The lowest BCUT2D eigenvalue weighted by molar-refractivity contribution is -0.0209. The molecule has 11 heavy (non-hydrogen) atoms.